The fourth-order valence-electron chi connectivity index (χ4n) is 3.75. The minimum atomic E-state index is -0.695. The third kappa shape index (κ3) is 8.44. The van der Waals surface area contributed by atoms with Gasteiger partial charge in [0.05, 0.1) is 16.7 Å². The number of nitrogens with zero attached hydrogens (tertiary/aromatic N) is 3. The minimum Gasteiger partial charge on any atom is -0.423 e. The Balaban J connectivity index is 1.46. The van der Waals surface area contributed by atoms with Crippen LogP contribution in [-0.2, 0) is 4.79 Å². The van der Waals surface area contributed by atoms with Crippen LogP contribution in [0.3, 0.4) is 0 Å². The van der Waals surface area contributed by atoms with Crippen LogP contribution in [0, 0.1) is 10.1 Å². The summed E-state index contributed by atoms with van der Waals surface area (Å²) in [6, 6.07) is 27.4. The Morgan fingerprint density at radius 1 is 0.837 bits per heavy atom. The summed E-state index contributed by atoms with van der Waals surface area (Å²) in [6.45, 7) is 0. The number of nitro benzene ring substituents is 1. The van der Waals surface area contributed by atoms with E-state index < -0.39 is 22.7 Å². The van der Waals surface area contributed by atoms with E-state index in [0.29, 0.717) is 16.7 Å². The second kappa shape index (κ2) is 14.0. The monoisotopic (exact) mass is 577 g/mol. The zero-order chi connectivity index (χ0) is 30.8. The largest absolute Gasteiger partial charge is 0.423 e. The number of hydrogen-bond acceptors (Lipinski definition) is 8. The Kier molecular flexibility index (Phi) is 9.72. The number of carbonyl (C=O) groups excluding carboxylic acids is 3. The lowest BCUT2D eigenvalue weighted by molar-refractivity contribution is -0.384. The van der Waals surface area contributed by atoms with Gasteiger partial charge in [0, 0.05) is 37.5 Å². The standard InChI is InChI=1S/C32H27N5O6/c1-36(2)26-15-11-22(12-16-26)20-29(34-30(38)24-8-4-3-5-9-24)31(39)35-33-21-23-7-6-10-28(19-23)43-32(40)25-13-17-27(18-14-25)37(41)42/h3-21H,1-2H3,(H,34,38)(H,35,39)/b29-20+,33-21-. The SMILES string of the molecule is CN(C)c1ccc(/C=C(/NC(=O)c2ccccc2)C(=O)N/N=C\c2cccc(OC(=O)c3ccc([N+](=O)[O-])cc3)c2)cc1. The maximum Gasteiger partial charge on any atom is 0.343 e. The van der Waals surface area contributed by atoms with Crippen LogP contribution < -0.4 is 20.4 Å². The first-order chi connectivity index (χ1) is 20.7. The van der Waals surface area contributed by atoms with Crippen LogP contribution in [0.5, 0.6) is 5.75 Å². The summed E-state index contributed by atoms with van der Waals surface area (Å²) < 4.78 is 5.36. The number of anilines is 1. The lowest BCUT2D eigenvalue weighted by atomic mass is 10.1. The zero-order valence-electron chi connectivity index (χ0n) is 23.3. The van der Waals surface area contributed by atoms with Gasteiger partial charge in [0.25, 0.3) is 17.5 Å². The van der Waals surface area contributed by atoms with Crippen molar-refractivity contribution in [3.63, 3.8) is 0 Å². The molecule has 0 aliphatic heterocycles. The molecule has 0 aromatic heterocycles. The van der Waals surface area contributed by atoms with E-state index in [2.05, 4.69) is 15.8 Å². The van der Waals surface area contributed by atoms with Crippen LogP contribution in [-0.4, -0.2) is 43.0 Å². The number of hydrazone groups is 1. The van der Waals surface area contributed by atoms with E-state index in [1.807, 2.05) is 43.3 Å². The van der Waals surface area contributed by atoms with Crippen LogP contribution in [0.4, 0.5) is 11.4 Å². The number of ether oxygens (including phenoxy) is 1. The Morgan fingerprint density at radius 2 is 1.53 bits per heavy atom. The number of hydrogen-bond donors (Lipinski definition) is 2. The first-order valence-electron chi connectivity index (χ1n) is 13.0. The molecule has 0 atom stereocenters. The van der Waals surface area contributed by atoms with E-state index in [0.717, 1.165) is 5.69 Å². The highest BCUT2D eigenvalue weighted by Gasteiger charge is 2.15. The normalized spacial score (nSPS) is 11.1. The summed E-state index contributed by atoms with van der Waals surface area (Å²) in [5.41, 5.74) is 4.95. The lowest BCUT2D eigenvalue weighted by Gasteiger charge is -2.12. The quantitative estimate of drug-likeness (QED) is 0.0688. The first-order valence-corrected chi connectivity index (χ1v) is 13.0. The van der Waals surface area contributed by atoms with Gasteiger partial charge < -0.3 is 15.0 Å². The number of amides is 2. The molecule has 0 saturated heterocycles. The van der Waals surface area contributed by atoms with Crippen molar-refractivity contribution in [2.24, 2.45) is 5.10 Å². The van der Waals surface area contributed by atoms with Gasteiger partial charge in [-0.1, -0.05) is 42.5 Å². The summed E-state index contributed by atoms with van der Waals surface area (Å²) >= 11 is 0. The molecule has 0 radical (unpaired) electrons. The smallest absolute Gasteiger partial charge is 0.343 e. The number of carbonyl (C=O) groups is 3. The van der Waals surface area contributed by atoms with Gasteiger partial charge in [0.15, 0.2) is 0 Å². The Bertz CT molecular complexity index is 1680. The van der Waals surface area contributed by atoms with Crippen LogP contribution in [0.15, 0.2) is 114 Å². The summed E-state index contributed by atoms with van der Waals surface area (Å²) in [6.07, 6.45) is 2.90. The molecule has 2 N–H and O–H groups in total. The van der Waals surface area contributed by atoms with Crippen molar-refractivity contribution < 1.29 is 24.0 Å². The van der Waals surface area contributed by atoms with Crippen LogP contribution >= 0.6 is 0 Å². The molecule has 0 unspecified atom stereocenters. The number of nitro groups is 1. The average Bonchev–Trinajstić information content (AvgIpc) is 3.01. The maximum absolute atomic E-state index is 13.1. The molecule has 0 aliphatic carbocycles. The van der Waals surface area contributed by atoms with E-state index in [1.165, 1.54) is 36.5 Å². The third-order valence-corrected chi connectivity index (χ3v) is 6.01. The van der Waals surface area contributed by atoms with E-state index >= 15 is 0 Å². The summed E-state index contributed by atoms with van der Waals surface area (Å²) in [5, 5.41) is 17.5. The van der Waals surface area contributed by atoms with E-state index in [4.69, 9.17) is 4.74 Å². The highest BCUT2D eigenvalue weighted by Crippen LogP contribution is 2.17. The van der Waals surface area contributed by atoms with Gasteiger partial charge in [0.2, 0.25) is 0 Å². The third-order valence-electron chi connectivity index (χ3n) is 6.01. The van der Waals surface area contributed by atoms with Crippen molar-refractivity contribution in [2.75, 3.05) is 19.0 Å². The van der Waals surface area contributed by atoms with Crippen molar-refractivity contribution in [3.05, 3.63) is 141 Å². The average molecular weight is 578 g/mol. The number of nitrogens with one attached hydrogen (secondary N) is 2. The summed E-state index contributed by atoms with van der Waals surface area (Å²) in [5.74, 6) is -1.60. The van der Waals surface area contributed by atoms with Gasteiger partial charge in [-0.15, -0.1) is 0 Å². The van der Waals surface area contributed by atoms with Gasteiger partial charge in [0.1, 0.15) is 11.4 Å². The number of non-ortho nitro benzene ring substituents is 1. The second-order valence-electron chi connectivity index (χ2n) is 9.33. The molecule has 4 aromatic carbocycles. The van der Waals surface area contributed by atoms with Crippen molar-refractivity contribution in [1.82, 2.24) is 10.7 Å². The minimum absolute atomic E-state index is 0.0191. The van der Waals surface area contributed by atoms with Crippen molar-refractivity contribution >= 4 is 41.4 Å². The van der Waals surface area contributed by atoms with Gasteiger partial charge in [-0.3, -0.25) is 19.7 Å². The fourth-order valence-corrected chi connectivity index (χ4v) is 3.75. The van der Waals surface area contributed by atoms with Gasteiger partial charge in [-0.2, -0.15) is 5.10 Å². The van der Waals surface area contributed by atoms with Crippen LogP contribution in [0.25, 0.3) is 6.08 Å². The number of rotatable bonds is 10. The van der Waals surface area contributed by atoms with E-state index in [-0.39, 0.29) is 22.7 Å². The zero-order valence-corrected chi connectivity index (χ0v) is 23.3. The molecule has 4 aromatic rings. The predicted molar refractivity (Wildman–Crippen MR) is 163 cm³/mol. The molecule has 11 nitrogen and oxygen atoms in total. The fraction of sp³-hybridized carbons (Fsp3) is 0.0625. The van der Waals surface area contributed by atoms with E-state index in [9.17, 15) is 24.5 Å². The molecule has 4 rings (SSSR count). The van der Waals surface area contributed by atoms with Gasteiger partial charge in [-0.05, 0) is 65.7 Å². The molecule has 2 amide bonds. The Morgan fingerprint density at radius 3 is 2.19 bits per heavy atom. The Hall–Kier alpha value is -6.10. The highest BCUT2D eigenvalue weighted by molar-refractivity contribution is 6.05. The topological polar surface area (TPSA) is 143 Å². The number of benzene rings is 4. The molecule has 216 valence electrons. The predicted octanol–water partition coefficient (Wildman–Crippen LogP) is 4.80. The highest BCUT2D eigenvalue weighted by atomic mass is 16.6. The van der Waals surface area contributed by atoms with Crippen LogP contribution in [0.2, 0.25) is 0 Å². The summed E-state index contributed by atoms with van der Waals surface area (Å²) in [7, 11) is 3.83. The molecular weight excluding hydrogens is 550 g/mol. The van der Waals surface area contributed by atoms with Crippen molar-refractivity contribution in [1.29, 1.82) is 0 Å². The molecule has 0 spiro atoms. The first kappa shape index (κ1) is 29.9. The molecule has 0 heterocycles. The molecule has 11 heteroatoms. The molecular formula is C32H27N5O6. The lowest BCUT2D eigenvalue weighted by Crippen LogP contribution is -2.32. The molecule has 0 aliphatic rings. The van der Waals surface area contributed by atoms with Gasteiger partial charge in [-0.25, -0.2) is 10.2 Å². The maximum atomic E-state index is 13.1. The van der Waals surface area contributed by atoms with Crippen molar-refractivity contribution in [3.8, 4) is 5.75 Å². The summed E-state index contributed by atoms with van der Waals surface area (Å²) in [4.78, 5) is 50.6. The van der Waals surface area contributed by atoms with E-state index in [1.54, 1.807) is 54.6 Å². The van der Waals surface area contributed by atoms with Gasteiger partial charge >= 0.3 is 5.97 Å². The van der Waals surface area contributed by atoms with Crippen LogP contribution in [0.1, 0.15) is 31.8 Å². The molecule has 0 saturated carbocycles. The Labute approximate surface area is 247 Å². The molecule has 0 fully saturated rings. The van der Waals surface area contributed by atoms with Crippen molar-refractivity contribution in [2.45, 2.75) is 0 Å². The molecule has 43 heavy (non-hydrogen) atoms. The number of esters is 1. The second-order valence-corrected chi connectivity index (χ2v) is 9.33. The molecule has 0 bridgehead atoms.